The Morgan fingerprint density at radius 3 is 2.05 bits per heavy atom. The molecule has 2 aliphatic heterocycles. The number of hydrogen-bond acceptors (Lipinski definition) is 7. The molecule has 2 heterocycles. The number of likely N-dealkylation sites (tertiary alicyclic amines) is 1. The number of piperazine rings is 1. The van der Waals surface area contributed by atoms with Gasteiger partial charge in [-0.3, -0.25) is 19.3 Å². The lowest BCUT2D eigenvalue weighted by Crippen LogP contribution is -2.64. The zero-order valence-corrected chi connectivity index (χ0v) is 34.7. The van der Waals surface area contributed by atoms with Gasteiger partial charge < -0.3 is 29.9 Å². The maximum Gasteiger partial charge on any atom is 0.411 e. The largest absolute Gasteiger partial charge is 0.445 e. The van der Waals surface area contributed by atoms with Crippen LogP contribution in [0, 0.1) is 11.3 Å². The molecular weight excluding hydrogens is 734 g/mol. The van der Waals surface area contributed by atoms with Gasteiger partial charge in [-0.1, -0.05) is 73.3 Å². The van der Waals surface area contributed by atoms with E-state index in [4.69, 9.17) is 21.1 Å². The molecule has 1 aliphatic carbocycles. The van der Waals surface area contributed by atoms with E-state index in [9.17, 15) is 24.0 Å². The summed E-state index contributed by atoms with van der Waals surface area (Å²) in [6.45, 7) is 12.0. The highest BCUT2D eigenvalue weighted by Crippen LogP contribution is 2.46. The number of piperidine rings is 1. The number of hydrogen-bond donors (Lipinski definition) is 2. The second kappa shape index (κ2) is 18.3. The number of ether oxygens (including phenoxy) is 2. The van der Waals surface area contributed by atoms with E-state index in [2.05, 4.69) is 10.6 Å². The second-order valence-electron chi connectivity index (χ2n) is 17.6. The zero-order chi connectivity index (χ0) is 40.7. The number of carbonyl (C=O) groups is 5. The zero-order valence-electron chi connectivity index (χ0n) is 33.9. The van der Waals surface area contributed by atoms with Crippen LogP contribution in [-0.2, 0) is 36.9 Å². The molecule has 0 spiro atoms. The number of amides is 5. The predicted molar refractivity (Wildman–Crippen MR) is 215 cm³/mol. The highest BCUT2D eigenvalue weighted by molar-refractivity contribution is 6.30. The second-order valence-corrected chi connectivity index (χ2v) is 18.0. The van der Waals surface area contributed by atoms with Crippen LogP contribution in [0.2, 0.25) is 5.02 Å². The first-order valence-corrected chi connectivity index (χ1v) is 20.4. The first-order chi connectivity index (χ1) is 26.4. The van der Waals surface area contributed by atoms with Gasteiger partial charge in [0.15, 0.2) is 0 Å². The average Bonchev–Trinajstić information content (AvgIpc) is 3.16. The minimum Gasteiger partial charge on any atom is -0.445 e. The fourth-order valence-electron chi connectivity index (χ4n) is 8.13. The van der Waals surface area contributed by atoms with Crippen LogP contribution in [0.1, 0.15) is 97.6 Å². The van der Waals surface area contributed by atoms with Crippen molar-refractivity contribution in [3.8, 4) is 0 Å². The van der Waals surface area contributed by atoms with E-state index >= 15 is 0 Å². The third-order valence-corrected chi connectivity index (χ3v) is 11.3. The molecule has 2 aromatic rings. The number of benzene rings is 2. The molecule has 5 amide bonds. The van der Waals surface area contributed by atoms with Crippen molar-refractivity contribution in [2.45, 2.75) is 123 Å². The molecule has 3 fully saturated rings. The molecule has 0 radical (unpaired) electrons. The molecule has 3 aliphatic rings. The standard InChI is InChI=1S/C43H60ClN5O7/c1-41(2,3)46-38(52)43(32-15-11-8-12-16-32)21-23-47(24-22-43)37(51)34(27-30-17-19-33(44)20-18-30)45-36(50)35-28-48(25-26-49(35)40(54)56-42(4,5)6)39(53)55-29-31-13-9-7-10-14-31/h7,9-10,13-14,17-20,32,34-35H,8,11-12,15-16,21-29H2,1-6H3,(H,45,50)(H,46,52)/t34-,35+/m1/s1. The van der Waals surface area contributed by atoms with Crippen LogP contribution in [-0.4, -0.2) is 101 Å². The minimum atomic E-state index is -1.16. The van der Waals surface area contributed by atoms with Gasteiger partial charge in [0.1, 0.15) is 24.3 Å². The predicted octanol–water partition coefficient (Wildman–Crippen LogP) is 6.73. The van der Waals surface area contributed by atoms with Crippen molar-refractivity contribution in [3.63, 3.8) is 0 Å². The Hall–Kier alpha value is -4.32. The first-order valence-electron chi connectivity index (χ1n) is 20.1. The molecule has 0 unspecified atom stereocenters. The fraction of sp³-hybridized carbons (Fsp3) is 0.605. The molecule has 1 saturated carbocycles. The van der Waals surface area contributed by atoms with E-state index in [-0.39, 0.29) is 55.9 Å². The third kappa shape index (κ3) is 11.4. The van der Waals surface area contributed by atoms with Crippen LogP contribution in [0.5, 0.6) is 0 Å². The van der Waals surface area contributed by atoms with Crippen molar-refractivity contribution in [2.24, 2.45) is 11.3 Å². The van der Waals surface area contributed by atoms with Gasteiger partial charge in [-0.05, 0) is 96.4 Å². The molecular formula is C43H60ClN5O7. The lowest BCUT2D eigenvalue weighted by molar-refractivity contribution is -0.147. The quantitative estimate of drug-likeness (QED) is 0.287. The molecule has 306 valence electrons. The van der Waals surface area contributed by atoms with Gasteiger partial charge >= 0.3 is 12.2 Å². The Labute approximate surface area is 337 Å². The van der Waals surface area contributed by atoms with Crippen molar-refractivity contribution >= 4 is 41.5 Å². The van der Waals surface area contributed by atoms with Crippen molar-refractivity contribution in [1.82, 2.24) is 25.3 Å². The summed E-state index contributed by atoms with van der Waals surface area (Å²) < 4.78 is 11.3. The molecule has 2 N–H and O–H groups in total. The molecule has 2 aromatic carbocycles. The Morgan fingerprint density at radius 2 is 1.45 bits per heavy atom. The van der Waals surface area contributed by atoms with Crippen LogP contribution >= 0.6 is 11.6 Å². The topological polar surface area (TPSA) is 138 Å². The molecule has 5 rings (SSSR count). The molecule has 0 bridgehead atoms. The number of nitrogens with zero attached hydrogens (tertiary/aromatic N) is 3. The first kappa shape index (κ1) is 42.8. The maximum absolute atomic E-state index is 14.6. The molecule has 56 heavy (non-hydrogen) atoms. The van der Waals surface area contributed by atoms with E-state index in [1.165, 1.54) is 16.2 Å². The molecule has 2 saturated heterocycles. The third-order valence-electron chi connectivity index (χ3n) is 11.0. The SMILES string of the molecule is CC(C)(C)NC(=O)C1(C2CCCCC2)CCN(C(=O)[C@@H](Cc2ccc(Cl)cc2)NC(=O)[C@@H]2CN(C(=O)OCc3ccccc3)CCN2C(=O)OC(C)(C)C)CC1. The van der Waals surface area contributed by atoms with Crippen LogP contribution in [0.15, 0.2) is 54.6 Å². The summed E-state index contributed by atoms with van der Waals surface area (Å²) in [5, 5.41) is 6.78. The lowest BCUT2D eigenvalue weighted by Gasteiger charge is -2.48. The van der Waals surface area contributed by atoms with Gasteiger partial charge in [0.05, 0.1) is 12.0 Å². The Bertz CT molecular complexity index is 1680. The highest BCUT2D eigenvalue weighted by atomic mass is 35.5. The molecule has 2 atom stereocenters. The maximum atomic E-state index is 14.6. The van der Waals surface area contributed by atoms with E-state index in [1.54, 1.807) is 37.8 Å². The van der Waals surface area contributed by atoms with Crippen molar-refractivity contribution in [3.05, 3.63) is 70.7 Å². The Morgan fingerprint density at radius 1 is 0.804 bits per heavy atom. The summed E-state index contributed by atoms with van der Waals surface area (Å²) in [6.07, 6.45) is 5.26. The number of nitrogens with one attached hydrogen (secondary N) is 2. The normalized spacial score (nSPS) is 19.8. The molecule has 0 aromatic heterocycles. The van der Waals surface area contributed by atoms with Crippen LogP contribution < -0.4 is 10.6 Å². The smallest absolute Gasteiger partial charge is 0.411 e. The summed E-state index contributed by atoms with van der Waals surface area (Å²) in [4.78, 5) is 74.3. The number of rotatable bonds is 9. The fourth-order valence-corrected chi connectivity index (χ4v) is 8.26. The van der Waals surface area contributed by atoms with Gasteiger partial charge in [-0.25, -0.2) is 9.59 Å². The van der Waals surface area contributed by atoms with E-state index < -0.39 is 41.2 Å². The van der Waals surface area contributed by atoms with E-state index in [0.29, 0.717) is 31.0 Å². The van der Waals surface area contributed by atoms with Crippen LogP contribution in [0.4, 0.5) is 9.59 Å². The van der Waals surface area contributed by atoms with Crippen molar-refractivity contribution in [2.75, 3.05) is 32.7 Å². The van der Waals surface area contributed by atoms with Crippen LogP contribution in [0.25, 0.3) is 0 Å². The Balaban J connectivity index is 1.37. The summed E-state index contributed by atoms with van der Waals surface area (Å²) in [5.74, 6) is -0.573. The van der Waals surface area contributed by atoms with Crippen molar-refractivity contribution in [1.29, 1.82) is 0 Å². The summed E-state index contributed by atoms with van der Waals surface area (Å²) in [6, 6.07) is 14.2. The highest BCUT2D eigenvalue weighted by Gasteiger charge is 2.49. The summed E-state index contributed by atoms with van der Waals surface area (Å²) in [7, 11) is 0. The van der Waals surface area contributed by atoms with E-state index in [0.717, 1.165) is 36.8 Å². The Kier molecular flexibility index (Phi) is 14.0. The summed E-state index contributed by atoms with van der Waals surface area (Å²) in [5.41, 5.74) is -0.199. The average molecular weight is 794 g/mol. The lowest BCUT2D eigenvalue weighted by atomic mass is 9.63. The number of halogens is 1. The minimum absolute atomic E-state index is 0.0231. The molecule has 12 nitrogen and oxygen atoms in total. The van der Waals surface area contributed by atoms with Gasteiger partial charge in [0.2, 0.25) is 17.7 Å². The monoisotopic (exact) mass is 793 g/mol. The van der Waals surface area contributed by atoms with E-state index in [1.807, 2.05) is 63.2 Å². The van der Waals surface area contributed by atoms with Crippen molar-refractivity contribution < 1.29 is 33.4 Å². The number of carbonyl (C=O) groups excluding carboxylic acids is 5. The molecule has 13 heteroatoms. The van der Waals surface area contributed by atoms with Gasteiger partial charge in [0, 0.05) is 43.2 Å². The van der Waals surface area contributed by atoms with Gasteiger partial charge in [-0.15, -0.1) is 0 Å². The van der Waals surface area contributed by atoms with Gasteiger partial charge in [0.25, 0.3) is 0 Å². The van der Waals surface area contributed by atoms with Gasteiger partial charge in [-0.2, -0.15) is 0 Å². The summed E-state index contributed by atoms with van der Waals surface area (Å²) >= 11 is 6.19. The van der Waals surface area contributed by atoms with Crippen LogP contribution in [0.3, 0.4) is 0 Å².